The van der Waals surface area contributed by atoms with Gasteiger partial charge in [0.25, 0.3) is 0 Å². The number of unbranched alkanes of at least 4 members (excludes halogenated alkanes) is 2. The summed E-state index contributed by atoms with van der Waals surface area (Å²) in [5.74, 6) is 0.749. The van der Waals surface area contributed by atoms with E-state index in [0.717, 1.165) is 29.1 Å². The monoisotopic (exact) mass is 439 g/mol. The van der Waals surface area contributed by atoms with Crippen LogP contribution in [0.15, 0.2) is 47.4 Å². The number of aryl methyl sites for hydroxylation is 2. The van der Waals surface area contributed by atoms with Gasteiger partial charge in [-0.3, -0.25) is 4.57 Å². The molecule has 0 amide bonds. The van der Waals surface area contributed by atoms with E-state index in [1.807, 2.05) is 19.1 Å². The fourth-order valence-electron chi connectivity index (χ4n) is 3.08. The highest BCUT2D eigenvalue weighted by molar-refractivity contribution is 7.99. The summed E-state index contributed by atoms with van der Waals surface area (Å²) in [6.45, 7) is 2.80. The minimum absolute atomic E-state index is 0.150. The van der Waals surface area contributed by atoms with Gasteiger partial charge in [-0.05, 0) is 62.1 Å². The van der Waals surface area contributed by atoms with E-state index in [2.05, 4.69) is 29.6 Å². The van der Waals surface area contributed by atoms with Crippen molar-refractivity contribution in [1.82, 2.24) is 5.32 Å². The second kappa shape index (κ2) is 12.5. The molecule has 2 aromatic carbocycles. The standard InChI is InChI=1S/C22H31FNO3PS/c1-18-15-20(17-24-12-8-13-28(25,26)27)21(23)16-22(18)29-14-7-3-6-11-19-9-4-2-5-10-19/h2,4-5,9-10,15-16,24H,3,6-8,11-14,17H2,1H3,(H2,25,26,27). The van der Waals surface area contributed by atoms with Crippen LogP contribution < -0.4 is 5.32 Å². The van der Waals surface area contributed by atoms with Crippen molar-refractivity contribution in [3.63, 3.8) is 0 Å². The molecule has 3 N–H and O–H groups in total. The molecule has 0 aliphatic rings. The molecule has 0 atom stereocenters. The van der Waals surface area contributed by atoms with Crippen LogP contribution in [0.5, 0.6) is 0 Å². The lowest BCUT2D eigenvalue weighted by Crippen LogP contribution is -2.17. The highest BCUT2D eigenvalue weighted by Gasteiger charge is 2.12. The van der Waals surface area contributed by atoms with E-state index < -0.39 is 7.60 Å². The molecule has 0 aromatic heterocycles. The zero-order valence-electron chi connectivity index (χ0n) is 16.9. The van der Waals surface area contributed by atoms with E-state index in [4.69, 9.17) is 9.79 Å². The Morgan fingerprint density at radius 1 is 1.07 bits per heavy atom. The summed E-state index contributed by atoms with van der Waals surface area (Å²) in [5, 5.41) is 3.05. The smallest absolute Gasteiger partial charge is 0.324 e. The second-order valence-electron chi connectivity index (χ2n) is 7.27. The molecular weight excluding hydrogens is 408 g/mol. The maximum atomic E-state index is 14.4. The zero-order valence-corrected chi connectivity index (χ0v) is 18.7. The van der Waals surface area contributed by atoms with Crippen LogP contribution in [0.25, 0.3) is 0 Å². The van der Waals surface area contributed by atoms with Gasteiger partial charge in [-0.2, -0.15) is 0 Å². The second-order valence-corrected chi connectivity index (χ2v) is 10.2. The van der Waals surface area contributed by atoms with Gasteiger partial charge < -0.3 is 15.1 Å². The van der Waals surface area contributed by atoms with Crippen molar-refractivity contribution in [3.05, 3.63) is 65.0 Å². The van der Waals surface area contributed by atoms with Gasteiger partial charge in [0, 0.05) is 17.0 Å². The van der Waals surface area contributed by atoms with Gasteiger partial charge in [-0.1, -0.05) is 42.8 Å². The van der Waals surface area contributed by atoms with Crippen molar-refractivity contribution >= 4 is 19.4 Å². The average molecular weight is 440 g/mol. The third kappa shape index (κ3) is 9.92. The lowest BCUT2D eigenvalue weighted by Gasteiger charge is -2.11. The SMILES string of the molecule is Cc1cc(CNCCCP(=O)(O)O)c(F)cc1SCCCCCc1ccccc1. The first kappa shape index (κ1) is 24.1. The molecule has 0 spiro atoms. The molecule has 0 bridgehead atoms. The van der Waals surface area contributed by atoms with Crippen molar-refractivity contribution in [2.24, 2.45) is 0 Å². The molecule has 0 aliphatic heterocycles. The number of rotatable bonds is 13. The molecule has 0 heterocycles. The summed E-state index contributed by atoms with van der Waals surface area (Å²) in [7, 11) is -3.95. The summed E-state index contributed by atoms with van der Waals surface area (Å²) >= 11 is 1.70. The number of hydrogen-bond acceptors (Lipinski definition) is 3. The Kier molecular flexibility index (Phi) is 10.4. The Labute approximate surface area is 177 Å². The summed E-state index contributed by atoms with van der Waals surface area (Å²) in [5.41, 5.74) is 3.03. The average Bonchev–Trinajstić information content (AvgIpc) is 2.67. The van der Waals surface area contributed by atoms with Crippen molar-refractivity contribution in [1.29, 1.82) is 0 Å². The van der Waals surface area contributed by atoms with E-state index in [9.17, 15) is 8.96 Å². The van der Waals surface area contributed by atoms with E-state index in [1.54, 1.807) is 17.8 Å². The normalized spacial score (nSPS) is 11.7. The fraction of sp³-hybridized carbons (Fsp3) is 0.455. The fourth-order valence-corrected chi connectivity index (χ4v) is 4.69. The Balaban J connectivity index is 1.68. The molecule has 0 saturated heterocycles. The summed E-state index contributed by atoms with van der Waals surface area (Å²) in [6.07, 6.45) is 4.77. The molecule has 160 valence electrons. The van der Waals surface area contributed by atoms with E-state index in [1.165, 1.54) is 18.4 Å². The Bertz CT molecular complexity index is 798. The van der Waals surface area contributed by atoms with Crippen molar-refractivity contribution in [3.8, 4) is 0 Å². The molecule has 2 aromatic rings. The van der Waals surface area contributed by atoms with Gasteiger partial charge in [-0.15, -0.1) is 11.8 Å². The molecule has 0 saturated carbocycles. The van der Waals surface area contributed by atoms with Crippen molar-refractivity contribution < 1.29 is 18.7 Å². The maximum Gasteiger partial charge on any atom is 0.325 e. The van der Waals surface area contributed by atoms with Gasteiger partial charge in [0.1, 0.15) is 5.82 Å². The molecule has 0 unspecified atom stereocenters. The first-order chi connectivity index (χ1) is 13.8. The molecule has 0 fully saturated rings. The van der Waals surface area contributed by atoms with Crippen LogP contribution in [0.3, 0.4) is 0 Å². The highest BCUT2D eigenvalue weighted by Crippen LogP contribution is 2.34. The van der Waals surface area contributed by atoms with E-state index in [-0.39, 0.29) is 12.0 Å². The van der Waals surface area contributed by atoms with Crippen LogP contribution in [-0.2, 0) is 17.5 Å². The predicted molar refractivity (Wildman–Crippen MR) is 119 cm³/mol. The topological polar surface area (TPSA) is 69.6 Å². The molecule has 4 nitrogen and oxygen atoms in total. The number of halogens is 1. The van der Waals surface area contributed by atoms with Crippen LogP contribution in [0, 0.1) is 12.7 Å². The van der Waals surface area contributed by atoms with Gasteiger partial charge in [0.15, 0.2) is 0 Å². The summed E-state index contributed by atoms with van der Waals surface area (Å²) < 4.78 is 25.2. The lowest BCUT2D eigenvalue weighted by atomic mass is 10.1. The Hall–Kier alpha value is -1.17. The molecule has 0 aliphatic carbocycles. The van der Waals surface area contributed by atoms with Gasteiger partial charge >= 0.3 is 7.60 Å². The van der Waals surface area contributed by atoms with E-state index in [0.29, 0.717) is 25.1 Å². The lowest BCUT2D eigenvalue weighted by molar-refractivity contribution is 0.371. The Morgan fingerprint density at radius 3 is 2.55 bits per heavy atom. The quantitative estimate of drug-likeness (QED) is 0.225. The van der Waals surface area contributed by atoms with Gasteiger partial charge in [-0.25, -0.2) is 4.39 Å². The van der Waals surface area contributed by atoms with Crippen molar-refractivity contribution in [2.45, 2.75) is 50.5 Å². The summed E-state index contributed by atoms with van der Waals surface area (Å²) in [4.78, 5) is 18.7. The molecule has 0 radical (unpaired) electrons. The number of hydrogen-bond donors (Lipinski definition) is 3. The third-order valence-electron chi connectivity index (χ3n) is 4.67. The highest BCUT2D eigenvalue weighted by atomic mass is 32.2. The summed E-state index contributed by atoms with van der Waals surface area (Å²) in [6, 6.07) is 14.0. The molecular formula is C22H31FNO3PS. The van der Waals surface area contributed by atoms with Crippen LogP contribution in [-0.4, -0.2) is 28.2 Å². The number of thioether (sulfide) groups is 1. The van der Waals surface area contributed by atoms with Gasteiger partial charge in [0.05, 0.1) is 6.16 Å². The third-order valence-corrected chi connectivity index (χ3v) is 6.81. The van der Waals surface area contributed by atoms with E-state index >= 15 is 0 Å². The number of nitrogens with one attached hydrogen (secondary N) is 1. The molecule has 29 heavy (non-hydrogen) atoms. The molecule has 2 rings (SSSR count). The first-order valence-electron chi connectivity index (χ1n) is 10.1. The first-order valence-corrected chi connectivity index (χ1v) is 12.8. The largest absolute Gasteiger partial charge is 0.325 e. The maximum absolute atomic E-state index is 14.4. The minimum Gasteiger partial charge on any atom is -0.324 e. The minimum atomic E-state index is -3.95. The van der Waals surface area contributed by atoms with Crippen LogP contribution in [0.4, 0.5) is 4.39 Å². The molecule has 7 heteroatoms. The van der Waals surface area contributed by atoms with Crippen LogP contribution >= 0.6 is 19.4 Å². The zero-order chi connectivity index (χ0) is 21.1. The van der Waals surface area contributed by atoms with Crippen LogP contribution in [0.1, 0.15) is 42.4 Å². The van der Waals surface area contributed by atoms with Crippen LogP contribution in [0.2, 0.25) is 0 Å². The van der Waals surface area contributed by atoms with Crippen molar-refractivity contribution in [2.75, 3.05) is 18.5 Å². The predicted octanol–water partition coefficient (Wildman–Crippen LogP) is 5.30. The Morgan fingerprint density at radius 2 is 1.83 bits per heavy atom. The number of benzene rings is 2. The van der Waals surface area contributed by atoms with Gasteiger partial charge in [0.2, 0.25) is 0 Å².